The fourth-order valence-electron chi connectivity index (χ4n) is 3.40. The molecule has 2 heterocycles. The minimum atomic E-state index is -1.89. The number of phenols is 2. The maximum absolute atomic E-state index is 12.9. The number of carboxylic acid groups (broad SMARTS) is 1. The summed E-state index contributed by atoms with van der Waals surface area (Å²) in [4.78, 5) is 24.1. The molecule has 4 rings (SSSR count). The Morgan fingerprint density at radius 3 is 2.31 bits per heavy atom. The van der Waals surface area contributed by atoms with Gasteiger partial charge < -0.3 is 44.5 Å². The Morgan fingerprint density at radius 2 is 1.66 bits per heavy atom. The van der Waals surface area contributed by atoms with Crippen molar-refractivity contribution in [1.82, 2.24) is 0 Å². The zero-order chi connectivity index (χ0) is 23.2. The summed E-state index contributed by atoms with van der Waals surface area (Å²) in [6.45, 7) is 0. The number of aromatic hydroxyl groups is 2. The molecular formula is C21H18O11. The SMILES string of the molecule is O=C(O)[C@@H]1O[C@H](Oc2cc(O)c3c(=O)c(-c4ccc(O)cc4)coc3c2)[C@H](O)[C@@H](O)[C@H]1O. The molecule has 0 saturated carbocycles. The molecule has 0 aliphatic carbocycles. The van der Waals surface area contributed by atoms with Crippen LogP contribution in [0.25, 0.3) is 22.1 Å². The second kappa shape index (κ2) is 8.13. The van der Waals surface area contributed by atoms with Crippen molar-refractivity contribution in [3.8, 4) is 28.4 Å². The van der Waals surface area contributed by atoms with Crippen LogP contribution in [0.4, 0.5) is 0 Å². The maximum atomic E-state index is 12.9. The van der Waals surface area contributed by atoms with Crippen LogP contribution < -0.4 is 10.2 Å². The number of ether oxygens (including phenoxy) is 2. The molecule has 1 saturated heterocycles. The van der Waals surface area contributed by atoms with Crippen LogP contribution in [0.3, 0.4) is 0 Å². The number of aliphatic hydroxyl groups is 3. The van der Waals surface area contributed by atoms with Crippen molar-refractivity contribution in [3.63, 3.8) is 0 Å². The molecule has 5 atom stereocenters. The van der Waals surface area contributed by atoms with Crippen molar-refractivity contribution >= 4 is 16.9 Å². The quantitative estimate of drug-likeness (QED) is 0.320. The number of rotatable bonds is 4. The normalized spacial score (nSPS) is 25.5. The smallest absolute Gasteiger partial charge is 0.335 e. The topological polar surface area (TPSA) is 187 Å². The van der Waals surface area contributed by atoms with Crippen LogP contribution in [-0.4, -0.2) is 67.3 Å². The Kier molecular flexibility index (Phi) is 5.48. The third-order valence-electron chi connectivity index (χ3n) is 5.07. The van der Waals surface area contributed by atoms with E-state index in [1.807, 2.05) is 0 Å². The lowest BCUT2D eigenvalue weighted by molar-refractivity contribution is -0.271. The Morgan fingerprint density at radius 1 is 0.969 bits per heavy atom. The van der Waals surface area contributed by atoms with Gasteiger partial charge in [0, 0.05) is 12.1 Å². The summed E-state index contributed by atoms with van der Waals surface area (Å²) in [7, 11) is 0. The minimum absolute atomic E-state index is 0.0125. The first-order chi connectivity index (χ1) is 15.2. The van der Waals surface area contributed by atoms with Crippen molar-refractivity contribution in [2.75, 3.05) is 0 Å². The molecule has 0 unspecified atom stereocenters. The van der Waals surface area contributed by atoms with E-state index in [-0.39, 0.29) is 28.0 Å². The minimum Gasteiger partial charge on any atom is -0.508 e. The van der Waals surface area contributed by atoms with Crippen molar-refractivity contribution < 1.29 is 49.3 Å². The summed E-state index contributed by atoms with van der Waals surface area (Å²) >= 11 is 0. The highest BCUT2D eigenvalue weighted by atomic mass is 16.7. The van der Waals surface area contributed by atoms with E-state index < -0.39 is 47.9 Å². The molecule has 2 aromatic carbocycles. The van der Waals surface area contributed by atoms with Crippen molar-refractivity contribution in [2.24, 2.45) is 0 Å². The van der Waals surface area contributed by atoms with Gasteiger partial charge in [-0.2, -0.15) is 0 Å². The van der Waals surface area contributed by atoms with Crippen LogP contribution in [0.15, 0.2) is 51.9 Å². The molecule has 11 heteroatoms. The molecular weight excluding hydrogens is 428 g/mol. The molecule has 168 valence electrons. The lowest BCUT2D eigenvalue weighted by Crippen LogP contribution is -2.61. The van der Waals surface area contributed by atoms with E-state index in [2.05, 4.69) is 0 Å². The molecule has 0 radical (unpaired) electrons. The zero-order valence-electron chi connectivity index (χ0n) is 16.2. The number of carbonyl (C=O) groups is 1. The van der Waals surface area contributed by atoms with Gasteiger partial charge in [0.25, 0.3) is 0 Å². The molecule has 0 bridgehead atoms. The van der Waals surface area contributed by atoms with Crippen LogP contribution >= 0.6 is 0 Å². The van der Waals surface area contributed by atoms with E-state index >= 15 is 0 Å². The van der Waals surface area contributed by atoms with Gasteiger partial charge in [0.15, 0.2) is 6.10 Å². The highest BCUT2D eigenvalue weighted by Gasteiger charge is 2.48. The number of benzene rings is 2. The van der Waals surface area contributed by atoms with E-state index in [9.17, 15) is 35.1 Å². The molecule has 1 aromatic heterocycles. The van der Waals surface area contributed by atoms with Gasteiger partial charge in [0.1, 0.15) is 52.8 Å². The first-order valence-electron chi connectivity index (χ1n) is 9.34. The van der Waals surface area contributed by atoms with Gasteiger partial charge in [-0.3, -0.25) is 4.79 Å². The average Bonchev–Trinajstić information content (AvgIpc) is 2.74. The van der Waals surface area contributed by atoms with Gasteiger partial charge in [-0.1, -0.05) is 12.1 Å². The second-order valence-electron chi connectivity index (χ2n) is 7.19. The lowest BCUT2D eigenvalue weighted by Gasteiger charge is -2.38. The number of aliphatic hydroxyl groups excluding tert-OH is 3. The molecule has 0 spiro atoms. The highest BCUT2D eigenvalue weighted by Crippen LogP contribution is 2.32. The van der Waals surface area contributed by atoms with Crippen LogP contribution in [0.5, 0.6) is 17.2 Å². The number of hydrogen-bond acceptors (Lipinski definition) is 10. The number of phenolic OH excluding ortho intramolecular Hbond substituents is 2. The van der Waals surface area contributed by atoms with Gasteiger partial charge in [0.2, 0.25) is 11.7 Å². The van der Waals surface area contributed by atoms with Crippen molar-refractivity contribution in [1.29, 1.82) is 0 Å². The lowest BCUT2D eigenvalue weighted by atomic mass is 9.99. The molecule has 32 heavy (non-hydrogen) atoms. The molecule has 6 N–H and O–H groups in total. The summed E-state index contributed by atoms with van der Waals surface area (Å²) in [6, 6.07) is 8.02. The van der Waals surface area contributed by atoms with Crippen LogP contribution in [0.2, 0.25) is 0 Å². The standard InChI is InChI=1S/C21H18O11/c22-9-3-1-8(2-4-9)11-7-30-13-6-10(5-12(23)14(13)15(11)24)31-21-18(27)16(25)17(26)19(32-21)20(28)29/h1-7,16-19,21-23,25-27H,(H,28,29)/t16-,17+,18+,19+,21-/m0/s1. The summed E-state index contributed by atoms with van der Waals surface area (Å²) in [5.74, 6) is -2.25. The first-order valence-corrected chi connectivity index (χ1v) is 9.34. The Bertz CT molecular complexity index is 1220. The fourth-order valence-corrected chi connectivity index (χ4v) is 3.40. The second-order valence-corrected chi connectivity index (χ2v) is 7.19. The van der Waals surface area contributed by atoms with E-state index in [0.29, 0.717) is 5.56 Å². The van der Waals surface area contributed by atoms with Crippen LogP contribution in [-0.2, 0) is 9.53 Å². The van der Waals surface area contributed by atoms with E-state index in [4.69, 9.17) is 19.0 Å². The Labute approximate surface area is 178 Å². The fraction of sp³-hybridized carbons (Fsp3) is 0.238. The Hall–Kier alpha value is -3.64. The van der Waals surface area contributed by atoms with E-state index in [1.54, 1.807) is 0 Å². The number of aliphatic carboxylic acids is 1. The number of hydrogen-bond donors (Lipinski definition) is 6. The largest absolute Gasteiger partial charge is 0.508 e. The van der Waals surface area contributed by atoms with Gasteiger partial charge >= 0.3 is 5.97 Å². The van der Waals surface area contributed by atoms with Crippen LogP contribution in [0, 0.1) is 0 Å². The molecule has 1 aliphatic rings. The molecule has 3 aromatic rings. The first kappa shape index (κ1) is 21.6. The third-order valence-corrected chi connectivity index (χ3v) is 5.07. The summed E-state index contributed by atoms with van der Waals surface area (Å²) in [5.41, 5.74) is -0.0503. The third kappa shape index (κ3) is 3.74. The van der Waals surface area contributed by atoms with E-state index in [1.165, 1.54) is 30.3 Å². The maximum Gasteiger partial charge on any atom is 0.335 e. The summed E-state index contributed by atoms with van der Waals surface area (Å²) in [5, 5.41) is 58.5. The van der Waals surface area contributed by atoms with Crippen LogP contribution in [0.1, 0.15) is 0 Å². The summed E-state index contributed by atoms with van der Waals surface area (Å²) in [6.07, 6.45) is -7.96. The van der Waals surface area contributed by atoms with Gasteiger partial charge in [-0.05, 0) is 17.7 Å². The Balaban J connectivity index is 1.68. The van der Waals surface area contributed by atoms with Crippen molar-refractivity contribution in [2.45, 2.75) is 30.7 Å². The molecule has 1 aliphatic heterocycles. The summed E-state index contributed by atoms with van der Waals surface area (Å²) < 4.78 is 15.9. The van der Waals surface area contributed by atoms with E-state index in [0.717, 1.165) is 12.3 Å². The van der Waals surface area contributed by atoms with Gasteiger partial charge in [0.05, 0.1) is 5.56 Å². The average molecular weight is 446 g/mol. The van der Waals surface area contributed by atoms with Gasteiger partial charge in [-0.25, -0.2) is 4.79 Å². The monoisotopic (exact) mass is 446 g/mol. The molecule has 1 fully saturated rings. The number of fused-ring (bicyclic) bond motifs is 1. The zero-order valence-corrected chi connectivity index (χ0v) is 16.2. The van der Waals surface area contributed by atoms with Gasteiger partial charge in [-0.15, -0.1) is 0 Å². The van der Waals surface area contributed by atoms with Crippen molar-refractivity contribution in [3.05, 3.63) is 52.9 Å². The predicted molar refractivity (Wildman–Crippen MR) is 106 cm³/mol. The predicted octanol–water partition coefficient (Wildman–Crippen LogP) is 0.142. The molecule has 11 nitrogen and oxygen atoms in total. The highest BCUT2D eigenvalue weighted by molar-refractivity contribution is 5.88. The number of carboxylic acids is 1. The molecule has 0 amide bonds.